The number of H-pyrrole nitrogens is 1. The molecule has 5 nitrogen and oxygen atoms in total. The van der Waals surface area contributed by atoms with E-state index in [4.69, 9.17) is 4.74 Å². The molecule has 0 unspecified atom stereocenters. The Bertz CT molecular complexity index is 1100. The first kappa shape index (κ1) is 17.6. The summed E-state index contributed by atoms with van der Waals surface area (Å²) in [5, 5.41) is 2.71. The van der Waals surface area contributed by atoms with Crippen molar-refractivity contribution in [3.8, 4) is 5.75 Å². The molecule has 1 heterocycles. The largest absolute Gasteiger partial charge is 0.495 e. The molecule has 0 fully saturated rings. The van der Waals surface area contributed by atoms with E-state index in [0.717, 1.165) is 11.3 Å². The van der Waals surface area contributed by atoms with Gasteiger partial charge in [0.25, 0.3) is 11.5 Å². The van der Waals surface area contributed by atoms with E-state index in [0.29, 0.717) is 26.2 Å². The molecule has 0 bridgehead atoms. The monoisotopic (exact) mass is 370 g/mol. The number of hydrogen-bond acceptors (Lipinski definition) is 4. The highest BCUT2D eigenvalue weighted by molar-refractivity contribution is 7.07. The lowest BCUT2D eigenvalue weighted by atomic mass is 10.2. The van der Waals surface area contributed by atoms with Crippen molar-refractivity contribution in [3.63, 3.8) is 0 Å². The molecule has 7 heteroatoms. The molecule has 3 aromatic rings. The van der Waals surface area contributed by atoms with Gasteiger partial charge in [-0.15, -0.1) is 11.3 Å². The third-order valence-electron chi connectivity index (χ3n) is 3.48. The number of halogens is 1. The lowest BCUT2D eigenvalue weighted by Crippen LogP contribution is -2.20. The standard InChI is InChI=1S/C19H15FN2O3S/c1-25-15-5-3-2-4-14(15)21-17(23)11-18-22-19(24)16(26-18)10-12-6-8-13(20)9-7-12/h2-11H,1H3,(H,21,23)(H,22,24)/b16-10-,18-11-. The Labute approximate surface area is 152 Å². The first-order chi connectivity index (χ1) is 12.5. The van der Waals surface area contributed by atoms with Crippen LogP contribution in [0.15, 0.2) is 53.3 Å². The summed E-state index contributed by atoms with van der Waals surface area (Å²) in [4.78, 5) is 26.8. The van der Waals surface area contributed by atoms with Crippen molar-refractivity contribution in [2.24, 2.45) is 0 Å². The van der Waals surface area contributed by atoms with Crippen LogP contribution in [0.2, 0.25) is 0 Å². The maximum Gasteiger partial charge on any atom is 0.266 e. The Kier molecular flexibility index (Phi) is 5.28. The summed E-state index contributed by atoms with van der Waals surface area (Å²) in [7, 11) is 1.52. The molecule has 0 aliphatic carbocycles. The highest BCUT2D eigenvalue weighted by Gasteiger charge is 2.05. The van der Waals surface area contributed by atoms with Crippen molar-refractivity contribution < 1.29 is 13.9 Å². The molecule has 2 N–H and O–H groups in total. The fraction of sp³-hybridized carbons (Fsp3) is 0.0526. The molecule has 0 saturated carbocycles. The minimum Gasteiger partial charge on any atom is -0.495 e. The normalized spacial score (nSPS) is 12.2. The topological polar surface area (TPSA) is 71.2 Å². The van der Waals surface area contributed by atoms with Gasteiger partial charge in [0, 0.05) is 6.08 Å². The summed E-state index contributed by atoms with van der Waals surface area (Å²) < 4.78 is 19.0. The maximum absolute atomic E-state index is 12.9. The van der Waals surface area contributed by atoms with Crippen LogP contribution in [0.1, 0.15) is 5.56 Å². The van der Waals surface area contributed by atoms with Gasteiger partial charge >= 0.3 is 0 Å². The molecular weight excluding hydrogens is 355 g/mol. The lowest BCUT2D eigenvalue weighted by Gasteiger charge is -2.07. The number of para-hydroxylation sites is 2. The molecule has 0 atom stereocenters. The van der Waals surface area contributed by atoms with E-state index < -0.39 is 0 Å². The number of rotatable bonds is 4. The van der Waals surface area contributed by atoms with Crippen LogP contribution in [0.25, 0.3) is 12.2 Å². The van der Waals surface area contributed by atoms with Gasteiger partial charge in [0.2, 0.25) is 0 Å². The number of carbonyl (C=O) groups excluding carboxylic acids is 1. The van der Waals surface area contributed by atoms with E-state index in [1.165, 1.54) is 25.3 Å². The zero-order chi connectivity index (χ0) is 18.5. The Hall–Kier alpha value is -3.19. The SMILES string of the molecule is COc1ccccc1NC(=O)/C=c1/[nH]c(=O)/c(=C/c2ccc(F)cc2)s1. The van der Waals surface area contributed by atoms with Gasteiger partial charge in [-0.25, -0.2) is 4.39 Å². The van der Waals surface area contributed by atoms with Gasteiger partial charge in [-0.1, -0.05) is 24.3 Å². The minimum absolute atomic E-state index is 0.310. The van der Waals surface area contributed by atoms with Gasteiger partial charge < -0.3 is 15.0 Å². The summed E-state index contributed by atoms with van der Waals surface area (Å²) in [6.45, 7) is 0. The Morgan fingerprint density at radius 1 is 1.19 bits per heavy atom. The smallest absolute Gasteiger partial charge is 0.266 e. The second-order valence-electron chi connectivity index (χ2n) is 5.31. The quantitative estimate of drug-likeness (QED) is 0.736. The van der Waals surface area contributed by atoms with E-state index in [-0.39, 0.29) is 17.3 Å². The molecule has 3 rings (SSSR count). The number of carbonyl (C=O) groups is 1. The minimum atomic E-state index is -0.389. The van der Waals surface area contributed by atoms with Crippen LogP contribution >= 0.6 is 11.3 Å². The average molecular weight is 370 g/mol. The summed E-state index contributed by atoms with van der Waals surface area (Å²) in [6.07, 6.45) is 2.94. The van der Waals surface area contributed by atoms with Crippen LogP contribution in [0.5, 0.6) is 5.75 Å². The first-order valence-electron chi connectivity index (χ1n) is 7.67. The Morgan fingerprint density at radius 2 is 1.92 bits per heavy atom. The molecule has 26 heavy (non-hydrogen) atoms. The first-order valence-corrected chi connectivity index (χ1v) is 8.49. The number of thiazole rings is 1. The van der Waals surface area contributed by atoms with Gasteiger partial charge in [-0.05, 0) is 35.9 Å². The van der Waals surface area contributed by atoms with Gasteiger partial charge in [-0.3, -0.25) is 9.59 Å². The number of hydrogen-bond donors (Lipinski definition) is 2. The van der Waals surface area contributed by atoms with Crippen molar-refractivity contribution in [2.45, 2.75) is 0 Å². The van der Waals surface area contributed by atoms with Crippen molar-refractivity contribution in [2.75, 3.05) is 12.4 Å². The number of anilines is 1. The van der Waals surface area contributed by atoms with Gasteiger partial charge in [0.1, 0.15) is 16.2 Å². The van der Waals surface area contributed by atoms with Crippen LogP contribution in [0, 0.1) is 5.82 Å². The predicted octanol–water partition coefficient (Wildman–Crippen LogP) is 1.83. The zero-order valence-corrected chi connectivity index (χ0v) is 14.6. The summed E-state index contributed by atoms with van der Waals surface area (Å²) in [6, 6.07) is 12.8. The Morgan fingerprint density at radius 3 is 2.65 bits per heavy atom. The molecule has 1 amide bonds. The van der Waals surface area contributed by atoms with Crippen LogP contribution in [-0.4, -0.2) is 18.0 Å². The van der Waals surface area contributed by atoms with Crippen molar-refractivity contribution in [3.05, 3.63) is 79.5 Å². The molecule has 0 spiro atoms. The molecule has 1 aromatic heterocycles. The van der Waals surface area contributed by atoms with Crippen molar-refractivity contribution in [1.29, 1.82) is 0 Å². The molecule has 0 saturated heterocycles. The van der Waals surface area contributed by atoms with E-state index >= 15 is 0 Å². The van der Waals surface area contributed by atoms with E-state index in [9.17, 15) is 14.0 Å². The zero-order valence-electron chi connectivity index (χ0n) is 13.8. The average Bonchev–Trinajstić information content (AvgIpc) is 2.96. The maximum atomic E-state index is 12.9. The van der Waals surface area contributed by atoms with E-state index in [1.54, 1.807) is 42.5 Å². The number of aromatic nitrogens is 1. The van der Waals surface area contributed by atoms with Crippen LogP contribution < -0.4 is 24.8 Å². The van der Waals surface area contributed by atoms with Gasteiger partial charge in [-0.2, -0.15) is 0 Å². The van der Waals surface area contributed by atoms with Gasteiger partial charge in [0.15, 0.2) is 0 Å². The molecule has 0 radical (unpaired) electrons. The molecule has 2 aromatic carbocycles. The number of methoxy groups -OCH3 is 1. The van der Waals surface area contributed by atoms with Gasteiger partial charge in [0.05, 0.1) is 17.3 Å². The highest BCUT2D eigenvalue weighted by Crippen LogP contribution is 2.22. The van der Waals surface area contributed by atoms with E-state index in [2.05, 4.69) is 10.3 Å². The second kappa shape index (κ2) is 7.79. The third-order valence-corrected chi connectivity index (χ3v) is 4.44. The van der Waals surface area contributed by atoms with E-state index in [1.807, 2.05) is 0 Å². The molecule has 0 aliphatic heterocycles. The molecule has 132 valence electrons. The number of ether oxygens (including phenoxy) is 1. The number of amides is 1. The summed E-state index contributed by atoms with van der Waals surface area (Å²) >= 11 is 1.14. The number of benzene rings is 2. The predicted molar refractivity (Wildman–Crippen MR) is 100 cm³/mol. The number of nitrogens with one attached hydrogen (secondary N) is 2. The van der Waals surface area contributed by atoms with Crippen LogP contribution in [-0.2, 0) is 4.79 Å². The summed E-state index contributed by atoms with van der Waals surface area (Å²) in [5.74, 6) is -0.191. The molecular formula is C19H15FN2O3S. The fourth-order valence-corrected chi connectivity index (χ4v) is 3.16. The highest BCUT2D eigenvalue weighted by atomic mass is 32.1. The lowest BCUT2D eigenvalue weighted by molar-refractivity contribution is -0.110. The van der Waals surface area contributed by atoms with Crippen molar-refractivity contribution in [1.82, 2.24) is 4.98 Å². The second-order valence-corrected chi connectivity index (χ2v) is 6.40. The fourth-order valence-electron chi connectivity index (χ4n) is 2.27. The summed E-state index contributed by atoms with van der Waals surface area (Å²) in [5.41, 5.74) is 0.924. The van der Waals surface area contributed by atoms with Crippen LogP contribution in [0.4, 0.5) is 10.1 Å². The number of aromatic amines is 1. The Balaban J connectivity index is 1.87. The van der Waals surface area contributed by atoms with Crippen LogP contribution in [0.3, 0.4) is 0 Å². The third kappa shape index (κ3) is 4.25. The van der Waals surface area contributed by atoms with Crippen molar-refractivity contribution >= 4 is 35.1 Å². The molecule has 0 aliphatic rings.